The number of hydrogen-bond acceptors (Lipinski definition) is 6. The summed E-state index contributed by atoms with van der Waals surface area (Å²) >= 11 is 0. The molecule has 1 aromatic heterocycles. The summed E-state index contributed by atoms with van der Waals surface area (Å²) in [6.07, 6.45) is 0.871. The molecule has 4 aromatic rings. The Morgan fingerprint density at radius 3 is 2.14 bits per heavy atom. The van der Waals surface area contributed by atoms with Gasteiger partial charge in [-0.2, -0.15) is 0 Å². The molecule has 1 unspecified atom stereocenters. The Labute approximate surface area is 208 Å². The van der Waals surface area contributed by atoms with Gasteiger partial charge < -0.3 is 18.6 Å². The van der Waals surface area contributed by atoms with E-state index >= 15 is 0 Å². The van der Waals surface area contributed by atoms with Gasteiger partial charge in [0.2, 0.25) is 11.5 Å². The highest BCUT2D eigenvalue weighted by Gasteiger charge is 2.44. The lowest BCUT2D eigenvalue weighted by Gasteiger charge is -2.26. The molecule has 0 N–H and O–H groups in total. The fourth-order valence-electron chi connectivity index (χ4n) is 4.82. The van der Waals surface area contributed by atoms with E-state index in [0.717, 1.165) is 17.5 Å². The van der Waals surface area contributed by atoms with E-state index in [2.05, 4.69) is 6.92 Å². The van der Waals surface area contributed by atoms with Crippen LogP contribution in [-0.2, 0) is 6.42 Å². The first-order valence-electron chi connectivity index (χ1n) is 11.7. The van der Waals surface area contributed by atoms with Crippen molar-refractivity contribution in [1.82, 2.24) is 0 Å². The number of aryl methyl sites for hydroxylation is 2. The minimum atomic E-state index is -0.755. The lowest BCUT2D eigenvalue weighted by molar-refractivity contribution is 0.0971. The van der Waals surface area contributed by atoms with E-state index in [1.807, 2.05) is 37.3 Å². The predicted molar refractivity (Wildman–Crippen MR) is 138 cm³/mol. The number of anilines is 1. The Hall–Kier alpha value is -4.26. The van der Waals surface area contributed by atoms with Crippen molar-refractivity contribution < 1.29 is 23.4 Å². The first-order valence-corrected chi connectivity index (χ1v) is 11.7. The molecular weight excluding hydrogens is 458 g/mol. The molecule has 3 aromatic carbocycles. The van der Waals surface area contributed by atoms with E-state index in [1.165, 1.54) is 21.3 Å². The molecule has 7 nitrogen and oxygen atoms in total. The third kappa shape index (κ3) is 3.59. The molecule has 7 heteroatoms. The van der Waals surface area contributed by atoms with E-state index in [1.54, 1.807) is 29.2 Å². The van der Waals surface area contributed by atoms with Gasteiger partial charge >= 0.3 is 0 Å². The number of benzene rings is 3. The summed E-state index contributed by atoms with van der Waals surface area (Å²) in [5.74, 6) is 0.931. The average molecular weight is 486 g/mol. The van der Waals surface area contributed by atoms with E-state index in [4.69, 9.17) is 18.6 Å². The first kappa shape index (κ1) is 23.5. The molecule has 0 bridgehead atoms. The summed E-state index contributed by atoms with van der Waals surface area (Å²) in [6, 6.07) is 15.9. The molecule has 0 radical (unpaired) electrons. The fraction of sp³-hybridized carbons (Fsp3) is 0.241. The minimum Gasteiger partial charge on any atom is -0.493 e. The minimum absolute atomic E-state index is 0.0367. The van der Waals surface area contributed by atoms with E-state index < -0.39 is 6.04 Å². The van der Waals surface area contributed by atoms with Crippen molar-refractivity contribution in [3.05, 3.63) is 92.8 Å². The number of nitrogens with zero attached hydrogens (tertiary/aromatic N) is 1. The number of amides is 1. The lowest BCUT2D eigenvalue weighted by atomic mass is 9.97. The zero-order valence-electron chi connectivity index (χ0n) is 20.9. The highest BCUT2D eigenvalue weighted by Crippen LogP contribution is 2.46. The highest BCUT2D eigenvalue weighted by atomic mass is 16.5. The number of rotatable bonds is 6. The Balaban J connectivity index is 1.82. The molecule has 36 heavy (non-hydrogen) atoms. The molecule has 2 heterocycles. The topological polar surface area (TPSA) is 78.2 Å². The van der Waals surface area contributed by atoms with Crippen LogP contribution in [0.1, 0.15) is 45.8 Å². The Kier molecular flexibility index (Phi) is 5.92. The zero-order valence-corrected chi connectivity index (χ0v) is 20.9. The average Bonchev–Trinajstić information content (AvgIpc) is 3.20. The molecule has 5 rings (SSSR count). The number of methoxy groups -OCH3 is 3. The predicted octanol–water partition coefficient (Wildman–Crippen LogP) is 5.44. The molecule has 0 saturated carbocycles. The van der Waals surface area contributed by atoms with Crippen molar-refractivity contribution in [3.8, 4) is 17.2 Å². The van der Waals surface area contributed by atoms with E-state index in [-0.39, 0.29) is 22.7 Å². The maximum absolute atomic E-state index is 13.9. The third-order valence-electron chi connectivity index (χ3n) is 6.65. The largest absolute Gasteiger partial charge is 0.493 e. The second-order valence-corrected chi connectivity index (χ2v) is 8.73. The number of carbonyl (C=O) groups is 1. The fourth-order valence-corrected chi connectivity index (χ4v) is 4.82. The van der Waals surface area contributed by atoms with Crippen molar-refractivity contribution in [1.29, 1.82) is 0 Å². The molecule has 184 valence electrons. The van der Waals surface area contributed by atoms with Crippen LogP contribution in [0, 0.1) is 6.92 Å². The second kappa shape index (κ2) is 9.07. The van der Waals surface area contributed by atoms with Gasteiger partial charge in [-0.15, -0.1) is 0 Å². The van der Waals surface area contributed by atoms with Gasteiger partial charge in [-0.3, -0.25) is 14.5 Å². The molecule has 1 aliphatic rings. The van der Waals surface area contributed by atoms with Crippen molar-refractivity contribution in [2.24, 2.45) is 0 Å². The zero-order chi connectivity index (χ0) is 25.6. The molecule has 0 fully saturated rings. The summed E-state index contributed by atoms with van der Waals surface area (Å²) in [7, 11) is 4.58. The summed E-state index contributed by atoms with van der Waals surface area (Å²) in [4.78, 5) is 29.3. The third-order valence-corrected chi connectivity index (χ3v) is 6.65. The molecule has 0 saturated heterocycles. The Bertz CT molecular complexity index is 1510. The Morgan fingerprint density at radius 1 is 0.889 bits per heavy atom. The maximum atomic E-state index is 13.9. The van der Waals surface area contributed by atoms with Crippen molar-refractivity contribution >= 4 is 22.6 Å². The van der Waals surface area contributed by atoms with Gasteiger partial charge in [0.1, 0.15) is 5.58 Å². The van der Waals surface area contributed by atoms with Crippen LogP contribution in [0.25, 0.3) is 11.0 Å². The summed E-state index contributed by atoms with van der Waals surface area (Å²) in [5.41, 5.74) is 3.78. The van der Waals surface area contributed by atoms with Crippen LogP contribution in [0.4, 0.5) is 5.69 Å². The van der Waals surface area contributed by atoms with Gasteiger partial charge in [-0.05, 0) is 60.9 Å². The van der Waals surface area contributed by atoms with Crippen LogP contribution in [0.3, 0.4) is 0 Å². The van der Waals surface area contributed by atoms with Gasteiger partial charge in [0.15, 0.2) is 16.9 Å². The van der Waals surface area contributed by atoms with Crippen molar-refractivity contribution in [3.63, 3.8) is 0 Å². The number of hydrogen-bond donors (Lipinski definition) is 0. The Morgan fingerprint density at radius 2 is 1.56 bits per heavy atom. The first-order chi connectivity index (χ1) is 17.4. The highest BCUT2D eigenvalue weighted by molar-refractivity contribution is 6.10. The monoisotopic (exact) mass is 485 g/mol. The van der Waals surface area contributed by atoms with Gasteiger partial charge in [-0.1, -0.05) is 30.7 Å². The quantitative estimate of drug-likeness (QED) is 0.362. The van der Waals surface area contributed by atoms with Crippen LogP contribution in [-0.4, -0.2) is 27.2 Å². The molecule has 0 aliphatic carbocycles. The summed E-state index contributed by atoms with van der Waals surface area (Å²) < 4.78 is 22.7. The van der Waals surface area contributed by atoms with Gasteiger partial charge in [0.25, 0.3) is 5.91 Å². The second-order valence-electron chi connectivity index (χ2n) is 8.73. The molecular formula is C29H27NO6. The van der Waals surface area contributed by atoms with Crippen molar-refractivity contribution in [2.75, 3.05) is 26.2 Å². The SMILES string of the molecule is CCc1ccc(N2C(=O)c3oc4ccc(C)cc4c(=O)c3C2c2cc(OC)c(OC)c(OC)c2)cc1. The number of ether oxygens (including phenoxy) is 3. The summed E-state index contributed by atoms with van der Waals surface area (Å²) in [5, 5.41) is 0.433. The van der Waals surface area contributed by atoms with Crippen LogP contribution in [0.2, 0.25) is 0 Å². The van der Waals surface area contributed by atoms with Crippen LogP contribution in [0.5, 0.6) is 17.2 Å². The van der Waals surface area contributed by atoms with Crippen LogP contribution >= 0.6 is 0 Å². The van der Waals surface area contributed by atoms with Gasteiger partial charge in [-0.25, -0.2) is 0 Å². The standard InChI is InChI=1S/C29H27NO6/c1-6-17-8-10-19(11-9-17)30-25(18-14-22(33-3)27(35-5)23(15-18)34-4)24-26(31)20-13-16(2)7-12-21(20)36-28(24)29(30)32/h7-15,25H,6H2,1-5H3. The number of carbonyl (C=O) groups excluding carboxylic acids is 1. The van der Waals surface area contributed by atoms with Crippen molar-refractivity contribution in [2.45, 2.75) is 26.3 Å². The van der Waals surface area contributed by atoms with Crippen LogP contribution < -0.4 is 24.5 Å². The smallest absolute Gasteiger partial charge is 0.295 e. The molecule has 0 spiro atoms. The molecule has 1 aliphatic heterocycles. The van der Waals surface area contributed by atoms with E-state index in [0.29, 0.717) is 39.5 Å². The van der Waals surface area contributed by atoms with Gasteiger partial charge in [0, 0.05) is 5.69 Å². The molecule has 1 amide bonds. The summed E-state index contributed by atoms with van der Waals surface area (Å²) in [6.45, 7) is 3.98. The maximum Gasteiger partial charge on any atom is 0.295 e. The normalized spacial score (nSPS) is 14.8. The molecule has 1 atom stereocenters. The lowest BCUT2D eigenvalue weighted by Crippen LogP contribution is -2.29. The van der Waals surface area contributed by atoms with E-state index in [9.17, 15) is 9.59 Å². The number of fused-ring (bicyclic) bond motifs is 2. The van der Waals surface area contributed by atoms with Gasteiger partial charge in [0.05, 0.1) is 38.3 Å². The van der Waals surface area contributed by atoms with Crippen LogP contribution in [0.15, 0.2) is 63.8 Å².